The van der Waals surface area contributed by atoms with Gasteiger partial charge >= 0.3 is 0 Å². The number of amides is 2. The standard InChI is InChI=1S/C17H21N3O4/c1-13(21)19-10-7-17(12-19)5-8-18(9-6-17)16(22)14-3-2-4-15(11-14)20(23)24/h2-4,11H,5-10,12H2,1H3. The maximum atomic E-state index is 12.6. The third-order valence-electron chi connectivity index (χ3n) is 5.30. The van der Waals surface area contributed by atoms with Gasteiger partial charge in [-0.1, -0.05) is 6.07 Å². The highest BCUT2D eigenvalue weighted by molar-refractivity contribution is 5.94. The topological polar surface area (TPSA) is 83.8 Å². The van der Waals surface area contributed by atoms with E-state index < -0.39 is 4.92 Å². The van der Waals surface area contributed by atoms with Crippen molar-refractivity contribution >= 4 is 17.5 Å². The molecule has 2 heterocycles. The van der Waals surface area contributed by atoms with Gasteiger partial charge in [0.15, 0.2) is 0 Å². The van der Waals surface area contributed by atoms with Crippen LogP contribution < -0.4 is 0 Å². The van der Waals surface area contributed by atoms with Crippen LogP contribution in [0.3, 0.4) is 0 Å². The minimum Gasteiger partial charge on any atom is -0.342 e. The monoisotopic (exact) mass is 331 g/mol. The number of nitrogens with zero attached hydrogens (tertiary/aromatic N) is 3. The lowest BCUT2D eigenvalue weighted by Crippen LogP contribution is -2.44. The summed E-state index contributed by atoms with van der Waals surface area (Å²) in [5, 5.41) is 10.9. The summed E-state index contributed by atoms with van der Waals surface area (Å²) in [6, 6.07) is 5.88. The van der Waals surface area contributed by atoms with Crippen LogP contribution in [0.1, 0.15) is 36.5 Å². The van der Waals surface area contributed by atoms with E-state index in [0.29, 0.717) is 18.7 Å². The third kappa shape index (κ3) is 3.11. The summed E-state index contributed by atoms with van der Waals surface area (Å²) in [6.45, 7) is 4.44. The highest BCUT2D eigenvalue weighted by Crippen LogP contribution is 2.40. The van der Waals surface area contributed by atoms with Gasteiger partial charge in [-0.25, -0.2) is 0 Å². The van der Waals surface area contributed by atoms with Crippen LogP contribution in [0.2, 0.25) is 0 Å². The molecule has 7 heteroatoms. The summed E-state index contributed by atoms with van der Waals surface area (Å²) in [4.78, 5) is 38.1. The molecule has 1 spiro atoms. The minimum absolute atomic E-state index is 0.0674. The normalized spacial score (nSPS) is 19.5. The Balaban J connectivity index is 1.65. The molecule has 0 N–H and O–H groups in total. The second kappa shape index (κ2) is 6.22. The minimum atomic E-state index is -0.489. The van der Waals surface area contributed by atoms with E-state index >= 15 is 0 Å². The third-order valence-corrected chi connectivity index (χ3v) is 5.30. The van der Waals surface area contributed by atoms with Gasteiger partial charge in [0.05, 0.1) is 4.92 Å². The molecule has 2 saturated heterocycles. The number of piperidine rings is 1. The fraction of sp³-hybridized carbons (Fsp3) is 0.529. The Kier molecular flexibility index (Phi) is 4.26. The molecule has 0 saturated carbocycles. The van der Waals surface area contributed by atoms with Crippen LogP contribution in [-0.2, 0) is 4.79 Å². The van der Waals surface area contributed by atoms with E-state index in [1.165, 1.54) is 12.1 Å². The SMILES string of the molecule is CC(=O)N1CCC2(CCN(C(=O)c3cccc([N+](=O)[O-])c3)CC2)C1. The van der Waals surface area contributed by atoms with Gasteiger partial charge in [0.25, 0.3) is 11.6 Å². The van der Waals surface area contributed by atoms with Gasteiger partial charge in [0.1, 0.15) is 0 Å². The molecule has 0 atom stereocenters. The number of carbonyl (C=O) groups excluding carboxylic acids is 2. The summed E-state index contributed by atoms with van der Waals surface area (Å²) in [5.41, 5.74) is 0.421. The second-order valence-corrected chi connectivity index (χ2v) is 6.79. The fourth-order valence-electron chi connectivity index (χ4n) is 3.73. The van der Waals surface area contributed by atoms with Gasteiger partial charge in [0, 0.05) is 50.8 Å². The van der Waals surface area contributed by atoms with Crippen molar-refractivity contribution in [3.8, 4) is 0 Å². The van der Waals surface area contributed by atoms with Gasteiger partial charge < -0.3 is 9.80 Å². The van der Waals surface area contributed by atoms with Crippen molar-refractivity contribution in [1.82, 2.24) is 9.80 Å². The highest BCUT2D eigenvalue weighted by Gasteiger charge is 2.42. The predicted octanol–water partition coefficient (Wildman–Crippen LogP) is 2.07. The van der Waals surface area contributed by atoms with Gasteiger partial charge in [-0.15, -0.1) is 0 Å². The number of nitro benzene ring substituents is 1. The first-order chi connectivity index (χ1) is 11.4. The first kappa shape index (κ1) is 16.4. The molecule has 2 aliphatic heterocycles. The molecule has 24 heavy (non-hydrogen) atoms. The number of hydrogen-bond acceptors (Lipinski definition) is 4. The van der Waals surface area contributed by atoms with Gasteiger partial charge in [0.2, 0.25) is 5.91 Å². The zero-order chi connectivity index (χ0) is 17.3. The molecule has 0 bridgehead atoms. The summed E-state index contributed by atoms with van der Waals surface area (Å²) < 4.78 is 0. The largest absolute Gasteiger partial charge is 0.342 e. The average molecular weight is 331 g/mol. The summed E-state index contributed by atoms with van der Waals surface area (Å²) in [5.74, 6) is -0.0445. The van der Waals surface area contributed by atoms with E-state index in [9.17, 15) is 19.7 Å². The van der Waals surface area contributed by atoms with E-state index in [1.54, 1.807) is 24.0 Å². The first-order valence-corrected chi connectivity index (χ1v) is 8.19. The maximum absolute atomic E-state index is 12.6. The molecule has 7 nitrogen and oxygen atoms in total. The summed E-state index contributed by atoms with van der Waals surface area (Å²) >= 11 is 0. The van der Waals surface area contributed by atoms with Crippen LogP contribution in [0.25, 0.3) is 0 Å². The zero-order valence-corrected chi connectivity index (χ0v) is 13.7. The van der Waals surface area contributed by atoms with E-state index in [4.69, 9.17) is 0 Å². The van der Waals surface area contributed by atoms with E-state index in [2.05, 4.69) is 0 Å². The quantitative estimate of drug-likeness (QED) is 0.613. The lowest BCUT2D eigenvalue weighted by atomic mass is 9.77. The van der Waals surface area contributed by atoms with Crippen LogP contribution >= 0.6 is 0 Å². The van der Waals surface area contributed by atoms with Crippen LogP contribution in [0.5, 0.6) is 0 Å². The molecule has 0 aliphatic carbocycles. The second-order valence-electron chi connectivity index (χ2n) is 6.79. The number of rotatable bonds is 2. The number of carbonyl (C=O) groups is 2. The first-order valence-electron chi connectivity index (χ1n) is 8.19. The van der Waals surface area contributed by atoms with Gasteiger partial charge in [-0.3, -0.25) is 19.7 Å². The number of likely N-dealkylation sites (tertiary alicyclic amines) is 2. The molecule has 1 aromatic rings. The summed E-state index contributed by atoms with van der Waals surface area (Å²) in [6.07, 6.45) is 2.74. The van der Waals surface area contributed by atoms with Crippen molar-refractivity contribution in [3.05, 3.63) is 39.9 Å². The van der Waals surface area contributed by atoms with Crippen LogP contribution in [0, 0.1) is 15.5 Å². The Hall–Kier alpha value is -2.44. The Labute approximate surface area is 140 Å². The van der Waals surface area contributed by atoms with E-state index in [0.717, 1.165) is 32.4 Å². The number of benzene rings is 1. The van der Waals surface area contributed by atoms with Crippen molar-refractivity contribution in [2.75, 3.05) is 26.2 Å². The molecule has 0 unspecified atom stereocenters. The molecule has 0 radical (unpaired) electrons. The lowest BCUT2D eigenvalue weighted by Gasteiger charge is -2.39. The molecular weight excluding hydrogens is 310 g/mol. The molecule has 128 valence electrons. The Morgan fingerprint density at radius 1 is 1.12 bits per heavy atom. The molecule has 2 amide bonds. The number of non-ortho nitro benzene ring substituents is 1. The van der Waals surface area contributed by atoms with Crippen molar-refractivity contribution in [2.24, 2.45) is 5.41 Å². The Bertz CT molecular complexity index is 680. The molecule has 2 aliphatic rings. The molecule has 3 rings (SSSR count). The van der Waals surface area contributed by atoms with E-state index in [-0.39, 0.29) is 22.9 Å². The molecule has 0 aromatic heterocycles. The van der Waals surface area contributed by atoms with Crippen molar-refractivity contribution in [1.29, 1.82) is 0 Å². The van der Waals surface area contributed by atoms with Crippen LogP contribution in [0.4, 0.5) is 5.69 Å². The molecule has 2 fully saturated rings. The smallest absolute Gasteiger partial charge is 0.270 e. The van der Waals surface area contributed by atoms with Crippen molar-refractivity contribution in [3.63, 3.8) is 0 Å². The summed E-state index contributed by atoms with van der Waals surface area (Å²) in [7, 11) is 0. The van der Waals surface area contributed by atoms with Crippen molar-refractivity contribution < 1.29 is 14.5 Å². The molecular formula is C17H21N3O4. The van der Waals surface area contributed by atoms with Crippen LogP contribution in [-0.4, -0.2) is 52.7 Å². The zero-order valence-electron chi connectivity index (χ0n) is 13.7. The van der Waals surface area contributed by atoms with Gasteiger partial charge in [-0.2, -0.15) is 0 Å². The van der Waals surface area contributed by atoms with E-state index in [1.807, 2.05) is 4.90 Å². The van der Waals surface area contributed by atoms with Crippen LogP contribution in [0.15, 0.2) is 24.3 Å². The van der Waals surface area contributed by atoms with Crippen molar-refractivity contribution in [2.45, 2.75) is 26.2 Å². The fourth-order valence-corrected chi connectivity index (χ4v) is 3.73. The average Bonchev–Trinajstić information content (AvgIpc) is 2.99. The lowest BCUT2D eigenvalue weighted by molar-refractivity contribution is -0.384. The Morgan fingerprint density at radius 3 is 2.29 bits per heavy atom. The maximum Gasteiger partial charge on any atom is 0.270 e. The predicted molar refractivity (Wildman–Crippen MR) is 87.5 cm³/mol. The Morgan fingerprint density at radius 2 is 1.75 bits per heavy atom. The highest BCUT2D eigenvalue weighted by atomic mass is 16.6. The number of hydrogen-bond donors (Lipinski definition) is 0. The molecule has 1 aromatic carbocycles. The van der Waals surface area contributed by atoms with Gasteiger partial charge in [-0.05, 0) is 30.7 Å². The number of nitro groups is 1.